The lowest BCUT2D eigenvalue weighted by atomic mass is 10.1. The van der Waals surface area contributed by atoms with Crippen LogP contribution in [0.1, 0.15) is 37.3 Å². The molecule has 3 aromatic carbocycles. The van der Waals surface area contributed by atoms with Crippen LogP contribution in [0.15, 0.2) is 122 Å². The zero-order chi connectivity index (χ0) is 33.5. The molecule has 13 nitrogen and oxygen atoms in total. The van der Waals surface area contributed by atoms with E-state index in [4.69, 9.17) is 24.7 Å². The van der Waals surface area contributed by atoms with Crippen molar-refractivity contribution in [1.29, 1.82) is 0 Å². The number of ether oxygens (including phenoxy) is 4. The van der Waals surface area contributed by atoms with Crippen LogP contribution in [0.3, 0.4) is 0 Å². The molecule has 1 aliphatic heterocycles. The standard InChI is InChI=1S/C35H29N5O8/c36-35(44)39-28-18-10-17-25(38-28)26-19-40(21-37-26)31-30(48-34(43)24-15-8-3-9-16-24)29(47-33(42)23-13-6-2-7-14-23)27(46-31)20-45-32(41)22-11-4-1-5-12-22/h1-19,21,27,29-31H,20H2,(H3,36,38,39,44)/t27-,29-,30-,31-/m1/s1. The van der Waals surface area contributed by atoms with Crippen molar-refractivity contribution < 1.29 is 38.1 Å². The summed E-state index contributed by atoms with van der Waals surface area (Å²) in [5.41, 5.74) is 6.86. The lowest BCUT2D eigenvalue weighted by molar-refractivity contribution is -0.0620. The summed E-state index contributed by atoms with van der Waals surface area (Å²) in [5.74, 6) is -1.79. The molecule has 3 N–H and O–H groups in total. The second kappa shape index (κ2) is 14.4. The van der Waals surface area contributed by atoms with Gasteiger partial charge in [0, 0.05) is 6.20 Å². The number of hydrogen-bond donors (Lipinski definition) is 2. The first-order valence-electron chi connectivity index (χ1n) is 14.8. The quantitative estimate of drug-likeness (QED) is 0.161. The van der Waals surface area contributed by atoms with Crippen LogP contribution in [0.5, 0.6) is 0 Å². The van der Waals surface area contributed by atoms with Gasteiger partial charge in [-0.15, -0.1) is 0 Å². The summed E-state index contributed by atoms with van der Waals surface area (Å²) < 4.78 is 25.5. The van der Waals surface area contributed by atoms with Crippen molar-refractivity contribution in [2.24, 2.45) is 5.73 Å². The fourth-order valence-electron chi connectivity index (χ4n) is 5.08. The number of anilines is 1. The highest BCUT2D eigenvalue weighted by Crippen LogP contribution is 2.36. The minimum Gasteiger partial charge on any atom is -0.459 e. The van der Waals surface area contributed by atoms with Gasteiger partial charge in [-0.1, -0.05) is 60.7 Å². The molecule has 0 unspecified atom stereocenters. The Morgan fingerprint density at radius 2 is 1.27 bits per heavy atom. The second-order valence-corrected chi connectivity index (χ2v) is 10.6. The first-order valence-corrected chi connectivity index (χ1v) is 14.8. The van der Waals surface area contributed by atoms with Gasteiger partial charge in [-0.05, 0) is 48.5 Å². The molecule has 3 heterocycles. The molecule has 0 bridgehead atoms. The average molecular weight is 648 g/mol. The minimum absolute atomic E-state index is 0.217. The molecule has 0 radical (unpaired) electrons. The third-order valence-electron chi connectivity index (χ3n) is 7.34. The van der Waals surface area contributed by atoms with Crippen LogP contribution in [0.4, 0.5) is 10.6 Å². The van der Waals surface area contributed by atoms with E-state index in [1.165, 1.54) is 10.9 Å². The maximum Gasteiger partial charge on any atom is 0.338 e. The summed E-state index contributed by atoms with van der Waals surface area (Å²) in [5, 5.41) is 2.42. The highest BCUT2D eigenvalue weighted by atomic mass is 16.7. The molecule has 242 valence electrons. The number of nitrogens with one attached hydrogen (secondary N) is 1. The number of hydrogen-bond acceptors (Lipinski definition) is 10. The van der Waals surface area contributed by atoms with E-state index in [9.17, 15) is 19.2 Å². The van der Waals surface area contributed by atoms with Gasteiger partial charge in [-0.3, -0.25) is 5.32 Å². The number of pyridine rings is 1. The van der Waals surface area contributed by atoms with E-state index in [-0.39, 0.29) is 23.6 Å². The van der Waals surface area contributed by atoms with Gasteiger partial charge in [0.25, 0.3) is 0 Å². The van der Waals surface area contributed by atoms with Gasteiger partial charge in [0.2, 0.25) is 0 Å². The van der Waals surface area contributed by atoms with Crippen LogP contribution in [0.2, 0.25) is 0 Å². The van der Waals surface area contributed by atoms with Gasteiger partial charge in [0.05, 0.1) is 28.7 Å². The molecular weight excluding hydrogens is 618 g/mol. The first-order chi connectivity index (χ1) is 23.4. The molecule has 5 aromatic rings. The van der Waals surface area contributed by atoms with Gasteiger partial charge in [0.1, 0.15) is 24.2 Å². The summed E-state index contributed by atoms with van der Waals surface area (Å²) in [7, 11) is 0. The summed E-state index contributed by atoms with van der Waals surface area (Å²) in [6.45, 7) is -0.333. The van der Waals surface area contributed by atoms with Crippen molar-refractivity contribution in [2.75, 3.05) is 11.9 Å². The Kier molecular flexibility index (Phi) is 9.49. The summed E-state index contributed by atoms with van der Waals surface area (Å²) >= 11 is 0. The number of esters is 3. The van der Waals surface area contributed by atoms with Crippen LogP contribution in [0.25, 0.3) is 11.4 Å². The Hall–Kier alpha value is -6.34. The van der Waals surface area contributed by atoms with Gasteiger partial charge in [0.15, 0.2) is 18.4 Å². The van der Waals surface area contributed by atoms with Gasteiger partial charge >= 0.3 is 23.9 Å². The largest absolute Gasteiger partial charge is 0.459 e. The monoisotopic (exact) mass is 647 g/mol. The number of nitrogens with zero attached hydrogens (tertiary/aromatic N) is 3. The Bertz CT molecular complexity index is 1900. The molecule has 0 spiro atoms. The number of benzene rings is 3. The van der Waals surface area contributed by atoms with Crippen molar-refractivity contribution in [3.8, 4) is 11.4 Å². The van der Waals surface area contributed by atoms with Crippen molar-refractivity contribution in [1.82, 2.24) is 14.5 Å². The van der Waals surface area contributed by atoms with E-state index >= 15 is 0 Å². The number of carbonyl (C=O) groups excluding carboxylic acids is 4. The highest BCUT2D eigenvalue weighted by molar-refractivity contribution is 5.91. The summed E-state index contributed by atoms with van der Waals surface area (Å²) in [6.07, 6.45) is -1.54. The molecule has 2 amide bonds. The smallest absolute Gasteiger partial charge is 0.338 e. The second-order valence-electron chi connectivity index (χ2n) is 10.6. The fraction of sp³-hybridized carbons (Fsp3) is 0.143. The predicted molar refractivity (Wildman–Crippen MR) is 171 cm³/mol. The van der Waals surface area contributed by atoms with Gasteiger partial charge in [-0.25, -0.2) is 29.1 Å². The first kappa shape index (κ1) is 31.6. The zero-order valence-corrected chi connectivity index (χ0v) is 25.2. The van der Waals surface area contributed by atoms with E-state index in [1.54, 1.807) is 115 Å². The lowest BCUT2D eigenvalue weighted by Gasteiger charge is -2.24. The molecule has 0 saturated carbocycles. The number of carbonyl (C=O) groups is 4. The summed E-state index contributed by atoms with van der Waals surface area (Å²) in [6, 6.07) is 29.1. The maximum atomic E-state index is 13.4. The number of imidazole rings is 1. The third-order valence-corrected chi connectivity index (χ3v) is 7.34. The van der Waals surface area contributed by atoms with Crippen LogP contribution in [-0.2, 0) is 18.9 Å². The molecule has 1 aliphatic rings. The van der Waals surface area contributed by atoms with Crippen molar-refractivity contribution in [3.05, 3.63) is 138 Å². The Morgan fingerprint density at radius 1 is 0.708 bits per heavy atom. The van der Waals surface area contributed by atoms with E-state index in [2.05, 4.69) is 15.3 Å². The number of rotatable bonds is 10. The number of urea groups is 1. The van der Waals surface area contributed by atoms with Crippen LogP contribution in [-0.4, -0.2) is 63.4 Å². The minimum atomic E-state index is -1.22. The van der Waals surface area contributed by atoms with Crippen molar-refractivity contribution in [3.63, 3.8) is 0 Å². The molecule has 48 heavy (non-hydrogen) atoms. The van der Waals surface area contributed by atoms with E-state index in [0.717, 1.165) is 0 Å². The average Bonchev–Trinajstić information content (AvgIpc) is 3.73. The van der Waals surface area contributed by atoms with E-state index in [0.29, 0.717) is 17.0 Å². The third kappa shape index (κ3) is 7.37. The molecule has 1 fully saturated rings. The Morgan fingerprint density at radius 3 is 1.85 bits per heavy atom. The highest BCUT2D eigenvalue weighted by Gasteiger charge is 2.51. The van der Waals surface area contributed by atoms with Gasteiger partial charge in [-0.2, -0.15) is 0 Å². The summed E-state index contributed by atoms with van der Waals surface area (Å²) in [4.78, 5) is 59.8. The number of aromatic nitrogens is 3. The molecule has 6 rings (SSSR count). The van der Waals surface area contributed by atoms with Crippen molar-refractivity contribution >= 4 is 29.8 Å². The molecule has 4 atom stereocenters. The van der Waals surface area contributed by atoms with E-state index in [1.807, 2.05) is 0 Å². The predicted octanol–water partition coefficient (Wildman–Crippen LogP) is 4.64. The SMILES string of the molecule is NC(=O)Nc1cccc(-c2cn([C@@H]3O[C@H](COC(=O)c4ccccc4)[C@@H](OC(=O)c4ccccc4)[C@H]3OC(=O)c3ccccc3)cn2)n1. The number of amides is 2. The molecule has 2 aromatic heterocycles. The van der Waals surface area contributed by atoms with Crippen molar-refractivity contribution in [2.45, 2.75) is 24.5 Å². The van der Waals surface area contributed by atoms with Crippen LogP contribution < -0.4 is 11.1 Å². The zero-order valence-electron chi connectivity index (χ0n) is 25.2. The fourth-order valence-corrected chi connectivity index (χ4v) is 5.08. The van der Waals surface area contributed by atoms with Crippen LogP contribution in [0, 0.1) is 0 Å². The van der Waals surface area contributed by atoms with Crippen LogP contribution >= 0.6 is 0 Å². The molecule has 13 heteroatoms. The number of primary amides is 1. The van der Waals surface area contributed by atoms with Gasteiger partial charge < -0.3 is 29.2 Å². The van der Waals surface area contributed by atoms with E-state index < -0.39 is 48.5 Å². The number of nitrogens with two attached hydrogens (primary N) is 1. The topological polar surface area (TPSA) is 174 Å². The normalized spacial score (nSPS) is 18.4. The maximum absolute atomic E-state index is 13.4. The Labute approximate surface area is 274 Å². The molecule has 1 saturated heterocycles. The lowest BCUT2D eigenvalue weighted by Crippen LogP contribution is -2.41. The molecule has 0 aliphatic carbocycles. The molecular formula is C35H29N5O8. The Balaban J connectivity index is 1.34.